The molecule has 0 aliphatic heterocycles. The fraction of sp³-hybridized carbons (Fsp3) is 0.250. The number of hydrogen-bond donors (Lipinski definition) is 2. The van der Waals surface area contributed by atoms with Gasteiger partial charge in [0.15, 0.2) is 11.6 Å². The van der Waals surface area contributed by atoms with Crippen LogP contribution in [0.25, 0.3) is 16.9 Å². The third-order valence-corrected chi connectivity index (χ3v) is 6.09. The van der Waals surface area contributed by atoms with Gasteiger partial charge < -0.3 is 15.2 Å². The molecule has 0 bridgehead atoms. The first-order valence-corrected chi connectivity index (χ1v) is 11.7. The van der Waals surface area contributed by atoms with Gasteiger partial charge in [-0.15, -0.1) is 0 Å². The summed E-state index contributed by atoms with van der Waals surface area (Å²) in [5, 5.41) is 16.7. The molecule has 1 aromatic carbocycles. The summed E-state index contributed by atoms with van der Waals surface area (Å²) in [7, 11) is 3.56. The Bertz CT molecular complexity index is 1650. The Morgan fingerprint density at radius 2 is 1.86 bits per heavy atom. The number of pyridine rings is 1. The molecule has 0 saturated heterocycles. The van der Waals surface area contributed by atoms with E-state index in [2.05, 4.69) is 35.8 Å². The van der Waals surface area contributed by atoms with Crippen LogP contribution < -0.4 is 16.2 Å². The smallest absolute Gasteiger partial charge is 0.252 e. The number of fused-ring (bicyclic) bond motifs is 1. The van der Waals surface area contributed by atoms with Gasteiger partial charge in [0.25, 0.3) is 11.5 Å². The summed E-state index contributed by atoms with van der Waals surface area (Å²) in [5.41, 5.74) is 3.85. The molecule has 2 N–H and O–H groups in total. The van der Waals surface area contributed by atoms with Crippen molar-refractivity contribution in [3.8, 4) is 5.95 Å². The van der Waals surface area contributed by atoms with Gasteiger partial charge in [-0.25, -0.2) is 14.6 Å². The summed E-state index contributed by atoms with van der Waals surface area (Å²) >= 11 is 6.42. The lowest BCUT2D eigenvalue weighted by Gasteiger charge is -2.17. The van der Waals surface area contributed by atoms with Crippen LogP contribution in [-0.4, -0.2) is 39.1 Å². The number of aryl methyl sites for hydroxylation is 4. The fourth-order valence-electron chi connectivity index (χ4n) is 4.03. The molecule has 4 aromatic heterocycles. The molecule has 12 heteroatoms. The second-order valence-corrected chi connectivity index (χ2v) is 9.07. The van der Waals surface area contributed by atoms with Crippen LogP contribution in [-0.2, 0) is 14.1 Å². The first-order chi connectivity index (χ1) is 17.2. The third-order valence-electron chi connectivity index (χ3n) is 5.82. The SMILES string of the molecule is Cc1cc(C)n(-c2ncc(Cl)c(Nc3ccc4c(c3)c(NC(C)c3ncn(C)n3)cc(=O)n4C)n2)n1. The number of hydrogen-bond acceptors (Lipinski definition) is 8. The van der Waals surface area contributed by atoms with Crippen molar-refractivity contribution in [3.05, 3.63) is 75.4 Å². The summed E-state index contributed by atoms with van der Waals surface area (Å²) in [6, 6.07) is 9.01. The van der Waals surface area contributed by atoms with Crippen LogP contribution in [0.4, 0.5) is 17.2 Å². The maximum Gasteiger partial charge on any atom is 0.252 e. The Morgan fingerprint density at radius 1 is 1.06 bits per heavy atom. The van der Waals surface area contributed by atoms with Crippen LogP contribution in [0.2, 0.25) is 5.02 Å². The molecule has 0 aliphatic rings. The van der Waals surface area contributed by atoms with Gasteiger partial charge in [-0.1, -0.05) is 11.6 Å². The van der Waals surface area contributed by atoms with E-state index in [0.29, 0.717) is 28.3 Å². The fourth-order valence-corrected chi connectivity index (χ4v) is 4.16. The molecule has 184 valence electrons. The highest BCUT2D eigenvalue weighted by Gasteiger charge is 2.15. The molecule has 4 heterocycles. The van der Waals surface area contributed by atoms with E-state index in [4.69, 9.17) is 11.6 Å². The van der Waals surface area contributed by atoms with Crippen LogP contribution >= 0.6 is 11.6 Å². The summed E-state index contributed by atoms with van der Waals surface area (Å²) in [5.74, 6) is 1.48. The van der Waals surface area contributed by atoms with Crippen LogP contribution in [0.5, 0.6) is 0 Å². The van der Waals surface area contributed by atoms with Crippen molar-refractivity contribution >= 4 is 39.7 Å². The number of aromatic nitrogens is 8. The molecular weight excluding hydrogens is 480 g/mol. The largest absolute Gasteiger partial charge is 0.375 e. The van der Waals surface area contributed by atoms with Crippen molar-refractivity contribution in [1.82, 2.24) is 39.1 Å². The van der Waals surface area contributed by atoms with Gasteiger partial charge in [0.2, 0.25) is 0 Å². The number of rotatable bonds is 6. The second kappa shape index (κ2) is 9.08. The lowest BCUT2D eigenvalue weighted by Crippen LogP contribution is -2.19. The average molecular weight is 505 g/mol. The van der Waals surface area contributed by atoms with E-state index >= 15 is 0 Å². The van der Waals surface area contributed by atoms with Gasteiger partial charge in [-0.3, -0.25) is 9.48 Å². The Hall–Kier alpha value is -4.25. The normalized spacial score (nSPS) is 12.2. The van der Waals surface area contributed by atoms with E-state index in [0.717, 1.165) is 28.0 Å². The highest BCUT2D eigenvalue weighted by Crippen LogP contribution is 2.30. The van der Waals surface area contributed by atoms with Crippen molar-refractivity contribution in [1.29, 1.82) is 0 Å². The quantitative estimate of drug-likeness (QED) is 0.358. The minimum Gasteiger partial charge on any atom is -0.375 e. The number of anilines is 3. The highest BCUT2D eigenvalue weighted by atomic mass is 35.5. The molecule has 5 aromatic rings. The van der Waals surface area contributed by atoms with Gasteiger partial charge in [0, 0.05) is 42.6 Å². The number of halogens is 1. The first kappa shape index (κ1) is 23.5. The van der Waals surface area contributed by atoms with E-state index in [9.17, 15) is 4.79 Å². The van der Waals surface area contributed by atoms with Crippen molar-refractivity contribution in [2.45, 2.75) is 26.8 Å². The van der Waals surface area contributed by atoms with E-state index in [-0.39, 0.29) is 11.6 Å². The van der Waals surface area contributed by atoms with Crippen molar-refractivity contribution in [2.75, 3.05) is 10.6 Å². The minimum atomic E-state index is -0.210. The van der Waals surface area contributed by atoms with Crippen LogP contribution in [0.3, 0.4) is 0 Å². The zero-order valence-corrected chi connectivity index (χ0v) is 21.2. The Balaban J connectivity index is 1.52. The molecule has 1 atom stereocenters. The number of nitrogens with zero attached hydrogens (tertiary/aromatic N) is 8. The van der Waals surface area contributed by atoms with Gasteiger partial charge >= 0.3 is 0 Å². The molecule has 36 heavy (non-hydrogen) atoms. The molecule has 0 fully saturated rings. The average Bonchev–Trinajstić information content (AvgIpc) is 3.43. The molecule has 5 rings (SSSR count). The molecule has 0 saturated carbocycles. The zero-order chi connectivity index (χ0) is 25.6. The Kier molecular flexibility index (Phi) is 5.92. The molecule has 0 amide bonds. The number of nitrogens with one attached hydrogen (secondary N) is 2. The maximum absolute atomic E-state index is 12.6. The predicted molar refractivity (Wildman–Crippen MR) is 139 cm³/mol. The van der Waals surface area contributed by atoms with E-state index in [1.807, 2.05) is 52.1 Å². The lowest BCUT2D eigenvalue weighted by molar-refractivity contribution is 0.715. The Labute approximate surface area is 211 Å². The number of benzene rings is 1. The third kappa shape index (κ3) is 4.40. The molecule has 11 nitrogen and oxygen atoms in total. The maximum atomic E-state index is 12.6. The summed E-state index contributed by atoms with van der Waals surface area (Å²) in [6.07, 6.45) is 3.19. The van der Waals surface area contributed by atoms with Crippen LogP contribution in [0.15, 0.2) is 47.7 Å². The van der Waals surface area contributed by atoms with Crippen molar-refractivity contribution in [2.24, 2.45) is 14.1 Å². The monoisotopic (exact) mass is 504 g/mol. The summed E-state index contributed by atoms with van der Waals surface area (Å²) in [4.78, 5) is 25.9. The predicted octanol–water partition coefficient (Wildman–Crippen LogP) is 3.83. The summed E-state index contributed by atoms with van der Waals surface area (Å²) in [6.45, 7) is 5.80. The van der Waals surface area contributed by atoms with Crippen LogP contribution in [0.1, 0.15) is 30.2 Å². The molecular formula is C24H25ClN10O. The first-order valence-electron chi connectivity index (χ1n) is 11.3. The van der Waals surface area contributed by atoms with Crippen molar-refractivity contribution in [3.63, 3.8) is 0 Å². The highest BCUT2D eigenvalue weighted by molar-refractivity contribution is 6.32. The van der Waals surface area contributed by atoms with Gasteiger partial charge in [0.05, 0.1) is 23.4 Å². The van der Waals surface area contributed by atoms with E-state index < -0.39 is 0 Å². The lowest BCUT2D eigenvalue weighted by atomic mass is 10.1. The Morgan fingerprint density at radius 3 is 2.56 bits per heavy atom. The minimum absolute atomic E-state index is 0.125. The topological polar surface area (TPSA) is 120 Å². The molecule has 1 unspecified atom stereocenters. The van der Waals surface area contributed by atoms with Gasteiger partial charge in [0.1, 0.15) is 11.3 Å². The van der Waals surface area contributed by atoms with Crippen LogP contribution in [0, 0.1) is 13.8 Å². The van der Waals surface area contributed by atoms with Gasteiger partial charge in [-0.2, -0.15) is 15.2 Å². The van der Waals surface area contributed by atoms with E-state index in [1.54, 1.807) is 39.6 Å². The molecule has 0 aliphatic carbocycles. The second-order valence-electron chi connectivity index (χ2n) is 8.66. The molecule has 0 radical (unpaired) electrons. The standard InChI is InChI=1S/C24H25ClN10O/c1-13-8-14(2)35(31-13)24-26-11-18(25)23(30-24)29-16-6-7-20-17(9-16)19(10-21(36)34(20)5)28-15(3)22-27-12-33(4)32-22/h6-12,15,28H,1-5H3,(H,26,29,30). The van der Waals surface area contributed by atoms with Crippen molar-refractivity contribution < 1.29 is 0 Å². The summed E-state index contributed by atoms with van der Waals surface area (Å²) < 4.78 is 4.91. The van der Waals surface area contributed by atoms with Gasteiger partial charge in [-0.05, 0) is 45.0 Å². The van der Waals surface area contributed by atoms with E-state index in [1.165, 1.54) is 0 Å². The zero-order valence-electron chi connectivity index (χ0n) is 20.5. The molecule has 0 spiro atoms.